The van der Waals surface area contributed by atoms with Gasteiger partial charge in [0, 0.05) is 13.3 Å². The average Bonchev–Trinajstić information content (AvgIpc) is 3.13. The highest BCUT2D eigenvalue weighted by atomic mass is 16.4. The molecule has 0 aromatic rings. The maximum atomic E-state index is 11.3. The molecule has 0 aliphatic carbocycles. The number of hydrogen-bond donors (Lipinski definition) is 2. The molecule has 0 radical (unpaired) electrons. The van der Waals surface area contributed by atoms with Crippen molar-refractivity contribution >= 4 is 11.8 Å². The summed E-state index contributed by atoms with van der Waals surface area (Å²) in [5, 5.41) is 9.26. The second kappa shape index (κ2) is 17.1. The van der Waals surface area contributed by atoms with Gasteiger partial charge >= 0.3 is 5.97 Å². The standard InChI is InChI=1S/C26H47N3O2/c1-3-4-5-6-7-8-9-10-11-12-13-14-15-16-17-18-19-20-25-28-21-22-29(25,24(2)27)23-26(30)31/h13-14,21-22,24H,3-12,15-20,23,27H2,1-2H3/p+1/b14-13+. The fraction of sp³-hybridized carbons (Fsp3) is 0.769. The molecule has 3 N–H and O–H groups in total. The van der Waals surface area contributed by atoms with Gasteiger partial charge in [-0.1, -0.05) is 83.3 Å². The average molecular weight is 435 g/mol. The summed E-state index contributed by atoms with van der Waals surface area (Å²) >= 11 is 0. The topological polar surface area (TPSA) is 75.7 Å². The Balaban J connectivity index is 2.00. The van der Waals surface area contributed by atoms with E-state index in [1.165, 1.54) is 83.5 Å². The van der Waals surface area contributed by atoms with Crippen molar-refractivity contribution in [2.24, 2.45) is 10.7 Å². The molecule has 0 fully saturated rings. The van der Waals surface area contributed by atoms with Crippen molar-refractivity contribution in [3.63, 3.8) is 0 Å². The summed E-state index contributed by atoms with van der Waals surface area (Å²) < 4.78 is 0.164. The van der Waals surface area contributed by atoms with Gasteiger partial charge in [0.2, 0.25) is 5.84 Å². The minimum atomic E-state index is -0.842. The minimum Gasteiger partial charge on any atom is -0.477 e. The number of quaternary nitrogens is 1. The molecule has 2 unspecified atom stereocenters. The Morgan fingerprint density at radius 1 is 0.968 bits per heavy atom. The molecule has 0 saturated carbocycles. The van der Waals surface area contributed by atoms with Gasteiger partial charge < -0.3 is 5.11 Å². The van der Waals surface area contributed by atoms with Crippen molar-refractivity contribution in [3.8, 4) is 0 Å². The first-order chi connectivity index (χ1) is 15.0. The van der Waals surface area contributed by atoms with Crippen LogP contribution in [0.1, 0.15) is 117 Å². The lowest BCUT2D eigenvalue weighted by Gasteiger charge is -2.34. The van der Waals surface area contributed by atoms with Gasteiger partial charge in [0.1, 0.15) is 12.4 Å². The number of rotatable bonds is 20. The van der Waals surface area contributed by atoms with Gasteiger partial charge in [0.05, 0.1) is 6.20 Å². The van der Waals surface area contributed by atoms with Crippen molar-refractivity contribution < 1.29 is 14.4 Å². The van der Waals surface area contributed by atoms with Crippen LogP contribution in [-0.4, -0.2) is 34.1 Å². The molecule has 1 heterocycles. The number of amidine groups is 1. The van der Waals surface area contributed by atoms with Gasteiger partial charge in [0.25, 0.3) is 0 Å². The first-order valence-electron chi connectivity index (χ1n) is 12.8. The fourth-order valence-electron chi connectivity index (χ4n) is 4.29. The molecule has 178 valence electrons. The predicted octanol–water partition coefficient (Wildman–Crippen LogP) is 6.89. The highest BCUT2D eigenvalue weighted by Gasteiger charge is 2.40. The molecular formula is C26H48N3O2+. The Hall–Kier alpha value is -1.46. The number of nitrogens with zero attached hydrogens (tertiary/aromatic N) is 2. The van der Waals surface area contributed by atoms with Gasteiger partial charge in [-0.15, -0.1) is 0 Å². The predicted molar refractivity (Wildman–Crippen MR) is 132 cm³/mol. The maximum absolute atomic E-state index is 11.3. The molecule has 5 heteroatoms. The van der Waals surface area contributed by atoms with E-state index in [0.29, 0.717) is 0 Å². The van der Waals surface area contributed by atoms with E-state index in [4.69, 9.17) is 5.73 Å². The summed E-state index contributed by atoms with van der Waals surface area (Å²) in [6.07, 6.45) is 28.3. The molecule has 1 aliphatic heterocycles. The Morgan fingerprint density at radius 3 is 2.00 bits per heavy atom. The summed E-state index contributed by atoms with van der Waals surface area (Å²) in [5.41, 5.74) is 6.11. The van der Waals surface area contributed by atoms with E-state index in [9.17, 15) is 9.90 Å². The molecule has 0 saturated heterocycles. The van der Waals surface area contributed by atoms with Gasteiger partial charge in [-0.05, 0) is 32.1 Å². The number of nitrogens with two attached hydrogens (primary N) is 1. The first kappa shape index (κ1) is 27.6. The zero-order valence-corrected chi connectivity index (χ0v) is 20.2. The number of aliphatic imine (C=N–C) groups is 1. The van der Waals surface area contributed by atoms with Crippen molar-refractivity contribution in [1.82, 2.24) is 0 Å². The number of aliphatic carboxylic acids is 1. The van der Waals surface area contributed by atoms with E-state index in [2.05, 4.69) is 24.1 Å². The molecule has 0 spiro atoms. The second-order valence-electron chi connectivity index (χ2n) is 9.11. The molecular weight excluding hydrogens is 386 g/mol. The minimum absolute atomic E-state index is 0.0310. The van der Waals surface area contributed by atoms with E-state index in [0.717, 1.165) is 25.1 Å². The number of carboxylic acids is 1. The fourth-order valence-corrected chi connectivity index (χ4v) is 4.29. The smallest absolute Gasteiger partial charge is 0.360 e. The van der Waals surface area contributed by atoms with Crippen LogP contribution < -0.4 is 5.73 Å². The quantitative estimate of drug-likeness (QED) is 0.124. The molecule has 0 aromatic heterocycles. The Kier molecular flexibility index (Phi) is 15.2. The SMILES string of the molecule is CCCCCCCCCCC/C=C/CCCCCCC1=NC=C[N+]1(CC(=O)O)C(C)N. The van der Waals surface area contributed by atoms with Crippen molar-refractivity contribution in [2.75, 3.05) is 6.54 Å². The molecule has 2 atom stereocenters. The van der Waals surface area contributed by atoms with E-state index in [1.807, 2.05) is 13.1 Å². The first-order valence-corrected chi connectivity index (χ1v) is 12.8. The van der Waals surface area contributed by atoms with Crippen molar-refractivity contribution in [2.45, 2.75) is 123 Å². The lowest BCUT2D eigenvalue weighted by atomic mass is 10.1. The third-order valence-corrected chi connectivity index (χ3v) is 6.32. The van der Waals surface area contributed by atoms with Crippen LogP contribution in [0.4, 0.5) is 0 Å². The summed E-state index contributed by atoms with van der Waals surface area (Å²) in [7, 11) is 0. The van der Waals surface area contributed by atoms with Gasteiger partial charge in [-0.25, -0.2) is 14.3 Å². The number of carboxylic acid groups (broad SMARTS) is 1. The third-order valence-electron chi connectivity index (χ3n) is 6.32. The second-order valence-corrected chi connectivity index (χ2v) is 9.11. The Labute approximate surface area is 191 Å². The number of unbranched alkanes of at least 4 members (excludes halogenated alkanes) is 13. The molecule has 5 nitrogen and oxygen atoms in total. The normalized spacial score (nSPS) is 19.3. The van der Waals surface area contributed by atoms with Gasteiger partial charge in [0.15, 0.2) is 6.54 Å². The maximum Gasteiger partial charge on any atom is 0.360 e. The molecule has 0 aromatic carbocycles. The largest absolute Gasteiger partial charge is 0.477 e. The lowest BCUT2D eigenvalue weighted by molar-refractivity contribution is -0.805. The van der Waals surface area contributed by atoms with Crippen LogP contribution in [0, 0.1) is 0 Å². The lowest BCUT2D eigenvalue weighted by Crippen LogP contribution is -2.59. The summed E-state index contributed by atoms with van der Waals surface area (Å²) in [6, 6.07) is 0. The van der Waals surface area contributed by atoms with E-state index in [-0.39, 0.29) is 17.2 Å². The summed E-state index contributed by atoms with van der Waals surface area (Å²) in [6.45, 7) is 4.10. The third kappa shape index (κ3) is 11.6. The van der Waals surface area contributed by atoms with Crippen LogP contribution in [-0.2, 0) is 4.79 Å². The van der Waals surface area contributed by atoms with E-state index in [1.54, 1.807) is 6.20 Å². The van der Waals surface area contributed by atoms with E-state index >= 15 is 0 Å². The van der Waals surface area contributed by atoms with Crippen LogP contribution in [0.15, 0.2) is 29.5 Å². The number of carbonyl (C=O) groups is 1. The number of hydrogen-bond acceptors (Lipinski definition) is 3. The molecule has 1 aliphatic rings. The summed E-state index contributed by atoms with van der Waals surface area (Å²) in [4.78, 5) is 15.7. The van der Waals surface area contributed by atoms with Gasteiger partial charge in [-0.3, -0.25) is 5.73 Å². The van der Waals surface area contributed by atoms with Crippen LogP contribution in [0.5, 0.6) is 0 Å². The molecule has 0 bridgehead atoms. The molecule has 0 amide bonds. The van der Waals surface area contributed by atoms with Crippen LogP contribution in [0.25, 0.3) is 0 Å². The Morgan fingerprint density at radius 2 is 1.48 bits per heavy atom. The van der Waals surface area contributed by atoms with Crippen LogP contribution in [0.3, 0.4) is 0 Å². The van der Waals surface area contributed by atoms with Crippen molar-refractivity contribution in [3.05, 3.63) is 24.6 Å². The zero-order valence-electron chi connectivity index (χ0n) is 20.2. The highest BCUT2D eigenvalue weighted by Crippen LogP contribution is 2.23. The Bertz CT molecular complexity index is 569. The van der Waals surface area contributed by atoms with Crippen molar-refractivity contribution in [1.29, 1.82) is 0 Å². The summed E-state index contributed by atoms with van der Waals surface area (Å²) in [5.74, 6) is 0.0454. The van der Waals surface area contributed by atoms with Crippen LogP contribution >= 0.6 is 0 Å². The highest BCUT2D eigenvalue weighted by molar-refractivity contribution is 5.81. The van der Waals surface area contributed by atoms with Gasteiger partial charge in [-0.2, -0.15) is 0 Å². The molecule has 31 heavy (non-hydrogen) atoms. The van der Waals surface area contributed by atoms with Crippen LogP contribution in [0.2, 0.25) is 0 Å². The zero-order chi connectivity index (χ0) is 22.8. The monoisotopic (exact) mass is 434 g/mol. The number of allylic oxidation sites excluding steroid dienone is 2. The van der Waals surface area contributed by atoms with E-state index < -0.39 is 5.97 Å². The molecule has 1 rings (SSSR count).